The van der Waals surface area contributed by atoms with E-state index in [-0.39, 0.29) is 0 Å². The van der Waals surface area contributed by atoms with Crippen LogP contribution in [0.2, 0.25) is 0 Å². The highest BCUT2D eigenvalue weighted by Crippen LogP contribution is 2.24. The summed E-state index contributed by atoms with van der Waals surface area (Å²) in [6.07, 6.45) is 21.2. The Kier molecular flexibility index (Phi) is 17.6. The van der Waals surface area contributed by atoms with Crippen LogP contribution in [-0.2, 0) is 4.79 Å². The van der Waals surface area contributed by atoms with E-state index in [2.05, 4.69) is 72.8 Å². The minimum Gasteiger partial charge on any atom is -0.478 e. The van der Waals surface area contributed by atoms with E-state index in [0.717, 1.165) is 50.5 Å². The van der Waals surface area contributed by atoms with Gasteiger partial charge in [-0.1, -0.05) is 84.8 Å². The number of carboxylic acid groups (broad SMARTS) is 1. The SMILES string of the molecule is CCCCCCCC(C/C=C(\C)CCC=C(C)C)=C(C/C=C(\C)CCC=C(C)C)C(=O)O. The van der Waals surface area contributed by atoms with Gasteiger partial charge in [-0.15, -0.1) is 0 Å². The predicted octanol–water partition coefficient (Wildman–Crippen LogP) is 9.89. The van der Waals surface area contributed by atoms with Crippen LogP contribution >= 0.6 is 0 Å². The lowest BCUT2D eigenvalue weighted by Gasteiger charge is -2.12. The third kappa shape index (κ3) is 16.8. The summed E-state index contributed by atoms with van der Waals surface area (Å²) in [7, 11) is 0. The summed E-state index contributed by atoms with van der Waals surface area (Å²) in [5, 5.41) is 9.99. The van der Waals surface area contributed by atoms with Gasteiger partial charge in [-0.3, -0.25) is 0 Å². The number of hydrogen-bond acceptors (Lipinski definition) is 1. The van der Waals surface area contributed by atoms with Gasteiger partial charge in [-0.05, 0) is 92.9 Å². The first kappa shape index (κ1) is 30.2. The molecular weight excluding hydrogens is 392 g/mol. The van der Waals surface area contributed by atoms with E-state index in [1.807, 2.05) is 0 Å². The number of unbranched alkanes of at least 4 members (excludes halogenated alkanes) is 4. The molecule has 0 rings (SSSR count). The van der Waals surface area contributed by atoms with Gasteiger partial charge in [-0.25, -0.2) is 4.79 Å². The van der Waals surface area contributed by atoms with E-state index < -0.39 is 5.97 Å². The van der Waals surface area contributed by atoms with Crippen LogP contribution in [0, 0.1) is 0 Å². The molecule has 0 spiro atoms. The van der Waals surface area contributed by atoms with E-state index in [4.69, 9.17) is 0 Å². The highest BCUT2D eigenvalue weighted by atomic mass is 16.4. The smallest absolute Gasteiger partial charge is 0.331 e. The molecule has 0 radical (unpaired) electrons. The van der Waals surface area contributed by atoms with Gasteiger partial charge >= 0.3 is 5.97 Å². The Bertz CT molecular complexity index is 690. The van der Waals surface area contributed by atoms with Gasteiger partial charge in [0.1, 0.15) is 0 Å². The molecule has 0 fully saturated rings. The second-order valence-electron chi connectivity index (χ2n) is 9.70. The monoisotopic (exact) mass is 442 g/mol. The molecule has 0 saturated heterocycles. The van der Waals surface area contributed by atoms with Gasteiger partial charge in [-0.2, -0.15) is 0 Å². The lowest BCUT2D eigenvalue weighted by atomic mass is 9.94. The van der Waals surface area contributed by atoms with Crippen LogP contribution in [-0.4, -0.2) is 11.1 Å². The quantitative estimate of drug-likeness (QED) is 0.138. The van der Waals surface area contributed by atoms with Gasteiger partial charge in [0.05, 0.1) is 0 Å². The summed E-state index contributed by atoms with van der Waals surface area (Å²) in [6, 6.07) is 0. The molecule has 0 aromatic rings. The second-order valence-corrected chi connectivity index (χ2v) is 9.70. The van der Waals surface area contributed by atoms with E-state index >= 15 is 0 Å². The molecule has 182 valence electrons. The summed E-state index contributed by atoms with van der Waals surface area (Å²) < 4.78 is 0. The van der Waals surface area contributed by atoms with Crippen molar-refractivity contribution >= 4 is 5.97 Å². The summed E-state index contributed by atoms with van der Waals surface area (Å²) in [5.74, 6) is -0.752. The Morgan fingerprint density at radius 2 is 1.16 bits per heavy atom. The maximum absolute atomic E-state index is 12.2. The Morgan fingerprint density at radius 3 is 1.62 bits per heavy atom. The molecule has 0 bridgehead atoms. The largest absolute Gasteiger partial charge is 0.478 e. The van der Waals surface area contributed by atoms with Crippen LogP contribution < -0.4 is 0 Å². The standard InChI is InChI=1S/C30H50O2/c1-8-9-10-11-12-19-28(22-20-26(6)17-13-15-24(2)3)29(30(31)32)23-21-27(7)18-14-16-25(4)5/h15-16,20-21H,8-14,17-19,22-23H2,1-7H3,(H,31,32)/b26-20+,27-21+,29-28?. The number of aliphatic carboxylic acids is 1. The van der Waals surface area contributed by atoms with Crippen LogP contribution in [0.5, 0.6) is 0 Å². The average Bonchev–Trinajstić information content (AvgIpc) is 2.70. The van der Waals surface area contributed by atoms with E-state index in [0.29, 0.717) is 12.0 Å². The fourth-order valence-corrected chi connectivity index (χ4v) is 3.66. The highest BCUT2D eigenvalue weighted by Gasteiger charge is 2.13. The van der Waals surface area contributed by atoms with Crippen molar-refractivity contribution in [1.29, 1.82) is 0 Å². The number of rotatable bonds is 17. The molecule has 0 amide bonds. The number of hydrogen-bond donors (Lipinski definition) is 1. The van der Waals surface area contributed by atoms with Gasteiger partial charge in [0.2, 0.25) is 0 Å². The third-order valence-corrected chi connectivity index (χ3v) is 5.80. The van der Waals surface area contributed by atoms with Crippen LogP contribution in [0.25, 0.3) is 0 Å². The first-order chi connectivity index (χ1) is 15.2. The number of carbonyl (C=O) groups is 1. The molecule has 2 heteroatoms. The average molecular weight is 443 g/mol. The maximum Gasteiger partial charge on any atom is 0.331 e. The normalized spacial score (nSPS) is 13.0. The third-order valence-electron chi connectivity index (χ3n) is 5.80. The highest BCUT2D eigenvalue weighted by molar-refractivity contribution is 5.88. The molecule has 0 aromatic heterocycles. The van der Waals surface area contributed by atoms with Crippen molar-refractivity contribution in [2.24, 2.45) is 0 Å². The summed E-state index contributed by atoms with van der Waals surface area (Å²) in [6.45, 7) is 15.0. The topological polar surface area (TPSA) is 37.3 Å². The molecule has 0 heterocycles. The van der Waals surface area contributed by atoms with Crippen molar-refractivity contribution in [3.8, 4) is 0 Å². The molecule has 1 N–H and O–H groups in total. The Balaban J connectivity index is 5.40. The molecule has 0 aliphatic heterocycles. The first-order valence-corrected chi connectivity index (χ1v) is 12.7. The zero-order valence-electron chi connectivity index (χ0n) is 22.2. The lowest BCUT2D eigenvalue weighted by molar-refractivity contribution is -0.132. The molecule has 32 heavy (non-hydrogen) atoms. The van der Waals surface area contributed by atoms with Crippen molar-refractivity contribution in [1.82, 2.24) is 0 Å². The molecule has 0 saturated carbocycles. The summed E-state index contributed by atoms with van der Waals surface area (Å²) >= 11 is 0. The van der Waals surface area contributed by atoms with Crippen molar-refractivity contribution in [3.63, 3.8) is 0 Å². The summed E-state index contributed by atoms with van der Waals surface area (Å²) in [5.41, 5.74) is 7.03. The van der Waals surface area contributed by atoms with Crippen LogP contribution in [0.15, 0.2) is 57.7 Å². The van der Waals surface area contributed by atoms with E-state index in [9.17, 15) is 9.90 Å². The molecular formula is C30H50O2. The van der Waals surface area contributed by atoms with Crippen molar-refractivity contribution in [2.75, 3.05) is 0 Å². The number of carboxylic acids is 1. The van der Waals surface area contributed by atoms with Gasteiger partial charge in [0.25, 0.3) is 0 Å². The zero-order chi connectivity index (χ0) is 24.4. The second kappa shape index (κ2) is 18.7. The Labute approximate surface area is 199 Å². The van der Waals surface area contributed by atoms with Crippen molar-refractivity contribution < 1.29 is 9.90 Å². The Morgan fingerprint density at radius 1 is 0.656 bits per heavy atom. The fraction of sp³-hybridized carbons (Fsp3) is 0.633. The maximum atomic E-state index is 12.2. The minimum atomic E-state index is -0.752. The molecule has 0 atom stereocenters. The van der Waals surface area contributed by atoms with Crippen molar-refractivity contribution in [3.05, 3.63) is 57.7 Å². The predicted molar refractivity (Wildman–Crippen MR) is 142 cm³/mol. The summed E-state index contributed by atoms with van der Waals surface area (Å²) in [4.78, 5) is 12.2. The van der Waals surface area contributed by atoms with Gasteiger partial charge < -0.3 is 5.11 Å². The van der Waals surface area contributed by atoms with E-state index in [1.165, 1.54) is 48.0 Å². The lowest BCUT2D eigenvalue weighted by Crippen LogP contribution is -2.05. The minimum absolute atomic E-state index is 0.533. The van der Waals surface area contributed by atoms with Crippen molar-refractivity contribution in [2.45, 2.75) is 126 Å². The van der Waals surface area contributed by atoms with Gasteiger partial charge in [0.15, 0.2) is 0 Å². The fourth-order valence-electron chi connectivity index (χ4n) is 3.66. The molecule has 2 nitrogen and oxygen atoms in total. The van der Waals surface area contributed by atoms with Crippen LogP contribution in [0.1, 0.15) is 126 Å². The van der Waals surface area contributed by atoms with Crippen LogP contribution in [0.4, 0.5) is 0 Å². The van der Waals surface area contributed by atoms with Gasteiger partial charge in [0, 0.05) is 5.57 Å². The Hall–Kier alpha value is -1.83. The zero-order valence-corrected chi connectivity index (χ0v) is 22.2. The van der Waals surface area contributed by atoms with Crippen LogP contribution in [0.3, 0.4) is 0 Å². The van der Waals surface area contributed by atoms with E-state index in [1.54, 1.807) is 0 Å². The first-order valence-electron chi connectivity index (χ1n) is 12.7. The molecule has 0 aliphatic rings. The molecule has 0 aliphatic carbocycles. The molecule has 0 unspecified atom stereocenters. The number of allylic oxidation sites excluding steroid dienone is 9. The molecule has 0 aromatic carbocycles.